The van der Waals surface area contributed by atoms with E-state index in [1.165, 1.54) is 0 Å². The van der Waals surface area contributed by atoms with Gasteiger partial charge in [-0.15, -0.1) is 0 Å². The van der Waals surface area contributed by atoms with Crippen LogP contribution in [0.3, 0.4) is 0 Å². The normalized spacial score (nSPS) is 12.9. The predicted octanol–water partition coefficient (Wildman–Crippen LogP) is 3.47. The Labute approximate surface area is 153 Å². The van der Waals surface area contributed by atoms with Gasteiger partial charge in [-0.05, 0) is 18.6 Å². The summed E-state index contributed by atoms with van der Waals surface area (Å²) in [6.45, 7) is 2.63. The zero-order valence-electron chi connectivity index (χ0n) is 14.8. The molecule has 0 saturated heterocycles. The minimum atomic E-state index is -0.668. The summed E-state index contributed by atoms with van der Waals surface area (Å²) in [7, 11) is 0. The minimum Gasteiger partial charge on any atom is -0.623 e. The lowest BCUT2D eigenvalue weighted by Crippen LogP contribution is -2.15. The number of benzene rings is 2. The number of ether oxygens (including phenoxy) is 2. The van der Waals surface area contributed by atoms with Gasteiger partial charge in [0.1, 0.15) is 6.61 Å². The van der Waals surface area contributed by atoms with E-state index in [0.717, 1.165) is 17.3 Å². The quantitative estimate of drug-likeness (QED) is 0.173. The maximum absolute atomic E-state index is 11.7. The van der Waals surface area contributed by atoms with Crippen molar-refractivity contribution in [1.29, 1.82) is 0 Å². The van der Waals surface area contributed by atoms with E-state index in [1.54, 1.807) is 6.08 Å². The van der Waals surface area contributed by atoms with Gasteiger partial charge in [0.05, 0.1) is 12.7 Å². The molecule has 0 N–H and O–H groups in total. The van der Waals surface area contributed by atoms with Crippen LogP contribution in [0.1, 0.15) is 18.1 Å². The van der Waals surface area contributed by atoms with E-state index in [4.69, 9.17) is 9.47 Å². The molecule has 0 amide bonds. The van der Waals surface area contributed by atoms with Crippen LogP contribution in [0.5, 0.6) is 0 Å². The second-order valence-electron chi connectivity index (χ2n) is 5.75. The average Bonchev–Trinajstić information content (AvgIpc) is 2.65. The van der Waals surface area contributed by atoms with Crippen LogP contribution < -0.4 is 0 Å². The van der Waals surface area contributed by atoms with Gasteiger partial charge in [0, 0.05) is 5.56 Å². The number of hydrogen-bond acceptors (Lipinski definition) is 4. The second kappa shape index (κ2) is 10.8. The summed E-state index contributed by atoms with van der Waals surface area (Å²) < 4.78 is 11.2. The van der Waals surface area contributed by atoms with E-state index in [0.29, 0.717) is 11.3 Å². The largest absolute Gasteiger partial charge is 0.623 e. The lowest BCUT2D eigenvalue weighted by molar-refractivity contribution is -0.469. The molecular weight excluding hydrogens is 330 g/mol. The Hall–Kier alpha value is -2.92. The lowest BCUT2D eigenvalue weighted by Gasteiger charge is -2.08. The van der Waals surface area contributed by atoms with Crippen LogP contribution in [0, 0.1) is 5.21 Å². The molecule has 0 radical (unpaired) electrons. The molecule has 5 nitrogen and oxygen atoms in total. The smallest absolute Gasteiger partial charge is 0.396 e. The van der Waals surface area contributed by atoms with E-state index in [-0.39, 0.29) is 19.3 Å². The van der Waals surface area contributed by atoms with Gasteiger partial charge < -0.3 is 14.7 Å². The molecule has 0 aliphatic rings. The van der Waals surface area contributed by atoms with Gasteiger partial charge in [0.25, 0.3) is 6.21 Å². The third-order valence-corrected chi connectivity index (χ3v) is 3.52. The molecule has 0 aromatic heterocycles. The van der Waals surface area contributed by atoms with Crippen LogP contribution in [0.2, 0.25) is 0 Å². The average molecular weight is 353 g/mol. The summed E-state index contributed by atoms with van der Waals surface area (Å²) in [5.41, 5.74) is 1.93. The highest BCUT2D eigenvalue weighted by molar-refractivity contribution is 6.20. The van der Waals surface area contributed by atoms with Crippen molar-refractivity contribution in [2.45, 2.75) is 26.2 Å². The fourth-order valence-corrected chi connectivity index (χ4v) is 2.20. The van der Waals surface area contributed by atoms with E-state index in [1.807, 2.05) is 73.7 Å². The first-order valence-corrected chi connectivity index (χ1v) is 8.45. The third kappa shape index (κ3) is 7.77. The molecule has 2 aromatic rings. The Morgan fingerprint density at radius 2 is 1.69 bits per heavy atom. The molecule has 0 heterocycles. The molecule has 0 aliphatic heterocycles. The zero-order chi connectivity index (χ0) is 18.6. The molecule has 5 heteroatoms. The van der Waals surface area contributed by atoms with E-state index in [2.05, 4.69) is 0 Å². The highest BCUT2D eigenvalue weighted by Gasteiger charge is 2.05. The minimum absolute atomic E-state index is 0.0908. The number of carbonyl (C=O) groups is 1. The first-order chi connectivity index (χ1) is 12.6. The summed E-state index contributed by atoms with van der Waals surface area (Å²) in [5.74, 6) is -0.668. The zero-order valence-corrected chi connectivity index (χ0v) is 14.8. The molecule has 2 aromatic carbocycles. The summed E-state index contributed by atoms with van der Waals surface area (Å²) in [6.07, 6.45) is 4.32. The predicted molar refractivity (Wildman–Crippen MR) is 101 cm³/mol. The summed E-state index contributed by atoms with van der Waals surface area (Å²) in [5, 5.41) is 11.7. The molecule has 0 bridgehead atoms. The summed E-state index contributed by atoms with van der Waals surface area (Å²) in [6, 6.07) is 19.1. The van der Waals surface area contributed by atoms with Crippen LogP contribution in [0.15, 0.2) is 72.8 Å². The molecule has 26 heavy (non-hydrogen) atoms. The summed E-state index contributed by atoms with van der Waals surface area (Å²) in [4.78, 5) is 11.6. The maximum Gasteiger partial charge on any atom is 0.396 e. The number of esters is 1. The van der Waals surface area contributed by atoms with Crippen molar-refractivity contribution in [3.63, 3.8) is 0 Å². The Bertz CT molecular complexity index is 726. The Balaban J connectivity index is 1.66. The third-order valence-electron chi connectivity index (χ3n) is 3.52. The molecule has 1 atom stereocenters. The molecule has 1 unspecified atom stereocenters. The van der Waals surface area contributed by atoms with E-state index >= 15 is 0 Å². The van der Waals surface area contributed by atoms with Crippen molar-refractivity contribution >= 4 is 12.2 Å². The van der Waals surface area contributed by atoms with E-state index < -0.39 is 5.97 Å². The Morgan fingerprint density at radius 3 is 2.35 bits per heavy atom. The number of hydrogen-bond donors (Lipinski definition) is 0. The lowest BCUT2D eigenvalue weighted by atomic mass is 10.2. The first kappa shape index (κ1) is 19.4. The van der Waals surface area contributed by atoms with Gasteiger partial charge in [-0.1, -0.05) is 66.7 Å². The highest BCUT2D eigenvalue weighted by atomic mass is 16.5. The van der Waals surface area contributed by atoms with Crippen molar-refractivity contribution < 1.29 is 19.0 Å². The first-order valence-electron chi connectivity index (χ1n) is 8.45. The molecule has 136 valence electrons. The van der Waals surface area contributed by atoms with Gasteiger partial charge in [-0.25, -0.2) is 9.53 Å². The molecule has 2 rings (SSSR count). The highest BCUT2D eigenvalue weighted by Crippen LogP contribution is 2.04. The monoisotopic (exact) mass is 353 g/mol. The van der Waals surface area contributed by atoms with Crippen molar-refractivity contribution in [3.05, 3.63) is 89.1 Å². The Morgan fingerprint density at radius 1 is 1.08 bits per heavy atom. The number of hydroxylamine groups is 1. The Kier molecular flexibility index (Phi) is 8.09. The second-order valence-corrected chi connectivity index (χ2v) is 5.75. The van der Waals surface area contributed by atoms with Crippen LogP contribution in [0.4, 0.5) is 0 Å². The molecule has 0 saturated carbocycles. The van der Waals surface area contributed by atoms with Crippen molar-refractivity contribution in [3.8, 4) is 0 Å². The summed E-state index contributed by atoms with van der Waals surface area (Å²) >= 11 is 0. The fraction of sp³-hybridized carbons (Fsp3) is 0.238. The van der Waals surface area contributed by atoms with Crippen molar-refractivity contribution in [2.24, 2.45) is 0 Å². The van der Waals surface area contributed by atoms with Crippen LogP contribution in [-0.2, 0) is 27.4 Å². The molecular formula is C21H23NO4. The molecule has 0 spiro atoms. The van der Waals surface area contributed by atoms with Gasteiger partial charge in [-0.2, -0.15) is 0 Å². The van der Waals surface area contributed by atoms with Crippen LogP contribution in [-0.4, -0.2) is 29.6 Å². The number of rotatable bonds is 9. The van der Waals surface area contributed by atoms with Gasteiger partial charge in [0.15, 0.2) is 6.54 Å². The van der Waals surface area contributed by atoms with E-state index in [9.17, 15) is 10.0 Å². The molecule has 0 aliphatic carbocycles. The van der Waals surface area contributed by atoms with Crippen molar-refractivity contribution in [1.82, 2.24) is 0 Å². The van der Waals surface area contributed by atoms with Gasteiger partial charge >= 0.3 is 5.97 Å². The van der Waals surface area contributed by atoms with Crippen molar-refractivity contribution in [2.75, 3.05) is 6.61 Å². The maximum atomic E-state index is 11.7. The molecule has 0 fully saturated rings. The van der Waals surface area contributed by atoms with Gasteiger partial charge in [-0.3, -0.25) is 0 Å². The van der Waals surface area contributed by atoms with Crippen LogP contribution >= 0.6 is 0 Å². The van der Waals surface area contributed by atoms with Gasteiger partial charge in [0.2, 0.25) is 0 Å². The number of nitrogens with zero attached hydrogens (tertiary/aromatic N) is 1. The standard InChI is InChI=1S/C21H23NO4/c1-18(26-17-20-12-6-3-7-13-20)9-8-14-25-21(23)16-22(24)15-19-10-4-2-5-11-19/h2-13,16,18H,14-15,17H2,1H3/b9-8-,22-16-. The fourth-order valence-electron chi connectivity index (χ4n) is 2.20. The number of carbonyl (C=O) groups excluding carboxylic acids is 1. The topological polar surface area (TPSA) is 61.6 Å². The van der Waals surface area contributed by atoms with Crippen LogP contribution in [0.25, 0.3) is 0 Å². The SMILES string of the molecule is CC(/C=C\COC(=O)/C=[N+](\[O-])Cc1ccccc1)OCc1ccccc1.